The third kappa shape index (κ3) is 3.90. The van der Waals surface area contributed by atoms with E-state index >= 15 is 0 Å². The van der Waals surface area contributed by atoms with Gasteiger partial charge in [0.15, 0.2) is 0 Å². The molecule has 0 aromatic rings. The quantitative estimate of drug-likeness (QED) is 0.754. The van der Waals surface area contributed by atoms with E-state index < -0.39 is 11.5 Å². The van der Waals surface area contributed by atoms with Gasteiger partial charge in [0.2, 0.25) is 5.91 Å². The van der Waals surface area contributed by atoms with Gasteiger partial charge in [0.05, 0.1) is 0 Å². The topological polar surface area (TPSA) is 66.4 Å². The van der Waals surface area contributed by atoms with E-state index in [1.165, 1.54) is 0 Å². The van der Waals surface area contributed by atoms with Gasteiger partial charge in [-0.2, -0.15) is 11.8 Å². The number of carbonyl (C=O) groups excluding carboxylic acids is 1. The monoisotopic (exact) mass is 273 g/mol. The second-order valence-electron chi connectivity index (χ2n) is 5.15. The van der Waals surface area contributed by atoms with Crippen LogP contribution < -0.4 is 5.32 Å². The summed E-state index contributed by atoms with van der Waals surface area (Å²) in [6, 6.07) is 0. The Balaban J connectivity index is 2.72. The van der Waals surface area contributed by atoms with Crippen molar-refractivity contribution in [1.29, 1.82) is 0 Å². The molecule has 1 rings (SSSR count). The summed E-state index contributed by atoms with van der Waals surface area (Å²) in [5.74, 6) is -0.427. The first-order valence-corrected chi connectivity index (χ1v) is 7.95. The van der Waals surface area contributed by atoms with Crippen molar-refractivity contribution in [2.45, 2.75) is 51.0 Å². The molecule has 4 nitrogen and oxygen atoms in total. The van der Waals surface area contributed by atoms with Gasteiger partial charge in [-0.1, -0.05) is 32.6 Å². The van der Waals surface area contributed by atoms with Crippen LogP contribution in [0.3, 0.4) is 0 Å². The van der Waals surface area contributed by atoms with Gasteiger partial charge in [-0.15, -0.1) is 0 Å². The molecule has 0 spiro atoms. The minimum absolute atomic E-state index is 0.131. The maximum atomic E-state index is 12.0. The lowest BCUT2D eigenvalue weighted by molar-refractivity contribution is -0.148. The lowest BCUT2D eigenvalue weighted by Crippen LogP contribution is -2.55. The SMILES string of the molecule is CSCC(C)C(=O)NC1(C(=O)O)CCCCCC1. The molecular weight excluding hydrogens is 250 g/mol. The van der Waals surface area contributed by atoms with Crippen LogP contribution >= 0.6 is 11.8 Å². The van der Waals surface area contributed by atoms with Crippen molar-refractivity contribution in [3.63, 3.8) is 0 Å². The molecule has 0 aromatic carbocycles. The summed E-state index contributed by atoms with van der Waals surface area (Å²) in [5.41, 5.74) is -1.03. The number of carboxylic acid groups (broad SMARTS) is 1. The normalized spacial score (nSPS) is 20.8. The van der Waals surface area contributed by atoms with E-state index in [1.54, 1.807) is 11.8 Å². The zero-order valence-electron chi connectivity index (χ0n) is 11.2. The molecule has 0 heterocycles. The van der Waals surface area contributed by atoms with Crippen LogP contribution in [0.25, 0.3) is 0 Å². The van der Waals surface area contributed by atoms with E-state index in [-0.39, 0.29) is 11.8 Å². The van der Waals surface area contributed by atoms with Gasteiger partial charge in [0.25, 0.3) is 0 Å². The fraction of sp³-hybridized carbons (Fsp3) is 0.846. The van der Waals surface area contributed by atoms with Gasteiger partial charge in [-0.3, -0.25) is 4.79 Å². The highest BCUT2D eigenvalue weighted by Gasteiger charge is 2.40. The average molecular weight is 273 g/mol. The molecule has 18 heavy (non-hydrogen) atoms. The summed E-state index contributed by atoms with van der Waals surface area (Å²) < 4.78 is 0. The van der Waals surface area contributed by atoms with Crippen LogP contribution in [-0.4, -0.2) is 34.5 Å². The summed E-state index contributed by atoms with van der Waals surface area (Å²) in [6.07, 6.45) is 6.94. The van der Waals surface area contributed by atoms with E-state index in [1.807, 2.05) is 13.2 Å². The molecule has 1 amide bonds. The second kappa shape index (κ2) is 7.02. The highest BCUT2D eigenvalue weighted by molar-refractivity contribution is 7.98. The molecule has 2 N–H and O–H groups in total. The van der Waals surface area contributed by atoms with Crippen LogP contribution in [0, 0.1) is 5.92 Å². The Labute approximate surface area is 113 Å². The van der Waals surface area contributed by atoms with Crippen molar-refractivity contribution < 1.29 is 14.7 Å². The van der Waals surface area contributed by atoms with Crippen molar-refractivity contribution in [2.24, 2.45) is 5.92 Å². The van der Waals surface area contributed by atoms with Crippen LogP contribution in [-0.2, 0) is 9.59 Å². The van der Waals surface area contributed by atoms with E-state index in [9.17, 15) is 14.7 Å². The minimum Gasteiger partial charge on any atom is -0.480 e. The molecule has 0 radical (unpaired) electrons. The van der Waals surface area contributed by atoms with E-state index in [2.05, 4.69) is 5.32 Å². The molecule has 1 aliphatic carbocycles. The Bertz CT molecular complexity index is 299. The van der Waals surface area contributed by atoms with E-state index in [4.69, 9.17) is 0 Å². The van der Waals surface area contributed by atoms with Gasteiger partial charge in [-0.05, 0) is 19.1 Å². The Hall–Kier alpha value is -0.710. The Morgan fingerprint density at radius 1 is 1.28 bits per heavy atom. The maximum Gasteiger partial charge on any atom is 0.329 e. The molecule has 5 heteroatoms. The van der Waals surface area contributed by atoms with E-state index in [0.717, 1.165) is 31.4 Å². The third-order valence-electron chi connectivity index (χ3n) is 3.59. The van der Waals surface area contributed by atoms with Crippen molar-refractivity contribution in [1.82, 2.24) is 5.32 Å². The molecular formula is C13H23NO3S. The number of amides is 1. The summed E-state index contributed by atoms with van der Waals surface area (Å²) in [6.45, 7) is 1.85. The number of hydrogen-bond donors (Lipinski definition) is 2. The fourth-order valence-electron chi connectivity index (χ4n) is 2.41. The molecule has 1 atom stereocenters. The van der Waals surface area contributed by atoms with Gasteiger partial charge in [0.1, 0.15) is 5.54 Å². The zero-order chi connectivity index (χ0) is 13.6. The summed E-state index contributed by atoms with van der Waals surface area (Å²) >= 11 is 1.60. The van der Waals surface area contributed by atoms with Crippen molar-refractivity contribution in [3.05, 3.63) is 0 Å². The molecule has 0 saturated heterocycles. The number of carboxylic acids is 1. The smallest absolute Gasteiger partial charge is 0.329 e. The van der Waals surface area contributed by atoms with Gasteiger partial charge < -0.3 is 10.4 Å². The van der Waals surface area contributed by atoms with Crippen LogP contribution in [0.1, 0.15) is 45.4 Å². The lowest BCUT2D eigenvalue weighted by Gasteiger charge is -2.30. The largest absolute Gasteiger partial charge is 0.480 e. The van der Waals surface area contributed by atoms with Crippen LogP contribution in [0.4, 0.5) is 0 Å². The minimum atomic E-state index is -1.03. The summed E-state index contributed by atoms with van der Waals surface area (Å²) in [4.78, 5) is 23.6. The maximum absolute atomic E-state index is 12.0. The van der Waals surface area contributed by atoms with Crippen LogP contribution in [0.5, 0.6) is 0 Å². The molecule has 0 bridgehead atoms. The van der Waals surface area contributed by atoms with Crippen LogP contribution in [0.15, 0.2) is 0 Å². The Kier molecular flexibility index (Phi) is 5.99. The van der Waals surface area contributed by atoms with Gasteiger partial charge in [-0.25, -0.2) is 4.79 Å². The number of aliphatic carboxylic acids is 1. The average Bonchev–Trinajstić information content (AvgIpc) is 2.56. The fourth-order valence-corrected chi connectivity index (χ4v) is 3.06. The van der Waals surface area contributed by atoms with Crippen molar-refractivity contribution >= 4 is 23.6 Å². The molecule has 1 unspecified atom stereocenters. The number of rotatable bonds is 5. The first-order valence-electron chi connectivity index (χ1n) is 6.56. The van der Waals surface area contributed by atoms with Crippen LogP contribution in [0.2, 0.25) is 0 Å². The molecule has 104 valence electrons. The van der Waals surface area contributed by atoms with Gasteiger partial charge >= 0.3 is 5.97 Å². The van der Waals surface area contributed by atoms with E-state index in [0.29, 0.717) is 12.8 Å². The number of nitrogens with one attached hydrogen (secondary N) is 1. The third-order valence-corrected chi connectivity index (χ3v) is 4.43. The molecule has 1 saturated carbocycles. The highest BCUT2D eigenvalue weighted by Crippen LogP contribution is 2.28. The van der Waals surface area contributed by atoms with Crippen molar-refractivity contribution in [2.75, 3.05) is 12.0 Å². The lowest BCUT2D eigenvalue weighted by atomic mass is 9.89. The molecule has 1 aliphatic rings. The predicted octanol–water partition coefficient (Wildman–Crippen LogP) is 2.28. The predicted molar refractivity (Wildman–Crippen MR) is 73.8 cm³/mol. The Morgan fingerprint density at radius 2 is 1.83 bits per heavy atom. The standard InChI is InChI=1S/C13H23NO3S/c1-10(9-18-2)11(15)14-13(12(16)17)7-5-3-4-6-8-13/h10H,3-9H2,1-2H3,(H,14,15)(H,16,17). The molecule has 1 fully saturated rings. The zero-order valence-corrected chi connectivity index (χ0v) is 12.0. The van der Waals surface area contributed by atoms with Gasteiger partial charge in [0, 0.05) is 11.7 Å². The Morgan fingerprint density at radius 3 is 2.28 bits per heavy atom. The second-order valence-corrected chi connectivity index (χ2v) is 6.06. The molecule has 0 aliphatic heterocycles. The van der Waals surface area contributed by atoms with Crippen molar-refractivity contribution in [3.8, 4) is 0 Å². The highest BCUT2D eigenvalue weighted by atomic mass is 32.2. The number of carbonyl (C=O) groups is 2. The molecule has 0 aromatic heterocycles. The first kappa shape index (κ1) is 15.3. The number of thioether (sulfide) groups is 1. The first-order chi connectivity index (χ1) is 8.52. The summed E-state index contributed by atoms with van der Waals surface area (Å²) in [7, 11) is 0. The number of hydrogen-bond acceptors (Lipinski definition) is 3. The summed E-state index contributed by atoms with van der Waals surface area (Å²) in [5, 5.41) is 12.3.